The van der Waals surface area contributed by atoms with Crippen LogP contribution in [0.1, 0.15) is 32.3 Å². The normalized spacial score (nSPS) is 11.0. The van der Waals surface area contributed by atoms with Crippen molar-refractivity contribution in [1.29, 1.82) is 0 Å². The van der Waals surface area contributed by atoms with Gasteiger partial charge in [0.25, 0.3) is 0 Å². The molecule has 0 saturated heterocycles. The van der Waals surface area contributed by atoms with Crippen molar-refractivity contribution in [3.8, 4) is 0 Å². The van der Waals surface area contributed by atoms with E-state index in [1.54, 1.807) is 13.2 Å². The zero-order chi connectivity index (χ0) is 16.6. The summed E-state index contributed by atoms with van der Waals surface area (Å²) in [5, 5.41) is 7.18. The fraction of sp³-hybridized carbons (Fsp3) is 0.562. The zero-order valence-corrected chi connectivity index (χ0v) is 16.1. The molecule has 0 aliphatic rings. The standard InChI is InChI=1S/C16H24Cl2N2O2.ClH/c1-4-16(5-2,12-6-7-13(17)14(18)10-12)20-15(21)11-19-8-9-22-3;/h6-7,10,19H,4-5,8-9,11H2,1-3H3,(H,20,21);1H. The van der Waals surface area contributed by atoms with E-state index in [0.717, 1.165) is 18.4 Å². The predicted octanol–water partition coefficient (Wildman–Crippen LogP) is 3.78. The Bertz CT molecular complexity index is 494. The van der Waals surface area contributed by atoms with Crippen molar-refractivity contribution < 1.29 is 9.53 Å². The van der Waals surface area contributed by atoms with E-state index >= 15 is 0 Å². The van der Waals surface area contributed by atoms with E-state index in [4.69, 9.17) is 27.9 Å². The maximum absolute atomic E-state index is 12.2. The van der Waals surface area contributed by atoms with Crippen LogP contribution in [0, 0.1) is 0 Å². The van der Waals surface area contributed by atoms with Gasteiger partial charge >= 0.3 is 0 Å². The van der Waals surface area contributed by atoms with Crippen LogP contribution in [-0.2, 0) is 15.1 Å². The molecule has 23 heavy (non-hydrogen) atoms. The summed E-state index contributed by atoms with van der Waals surface area (Å²) in [6.07, 6.45) is 1.54. The molecule has 7 heteroatoms. The Morgan fingerprint density at radius 3 is 2.39 bits per heavy atom. The van der Waals surface area contributed by atoms with Gasteiger partial charge < -0.3 is 15.4 Å². The van der Waals surface area contributed by atoms with Crippen molar-refractivity contribution in [2.75, 3.05) is 26.8 Å². The molecule has 0 atom stereocenters. The number of amides is 1. The van der Waals surface area contributed by atoms with Gasteiger partial charge in [0.1, 0.15) is 0 Å². The van der Waals surface area contributed by atoms with E-state index in [9.17, 15) is 4.79 Å². The number of hydrogen-bond acceptors (Lipinski definition) is 3. The largest absolute Gasteiger partial charge is 0.383 e. The molecule has 0 aliphatic heterocycles. The lowest BCUT2D eigenvalue weighted by Gasteiger charge is -2.34. The lowest BCUT2D eigenvalue weighted by Crippen LogP contribution is -2.48. The topological polar surface area (TPSA) is 50.4 Å². The molecule has 0 unspecified atom stereocenters. The van der Waals surface area contributed by atoms with Crippen LogP contribution < -0.4 is 10.6 Å². The molecule has 2 N–H and O–H groups in total. The highest BCUT2D eigenvalue weighted by Crippen LogP contribution is 2.33. The Morgan fingerprint density at radius 2 is 1.87 bits per heavy atom. The van der Waals surface area contributed by atoms with Crippen LogP contribution in [0.15, 0.2) is 18.2 Å². The third-order valence-electron chi connectivity index (χ3n) is 3.83. The van der Waals surface area contributed by atoms with E-state index < -0.39 is 5.54 Å². The Kier molecular flexibility index (Phi) is 10.9. The third kappa shape index (κ3) is 6.48. The molecule has 0 saturated carbocycles. The minimum Gasteiger partial charge on any atom is -0.383 e. The Labute approximate surface area is 154 Å². The molecule has 0 radical (unpaired) electrons. The Morgan fingerprint density at radius 1 is 1.22 bits per heavy atom. The lowest BCUT2D eigenvalue weighted by molar-refractivity contribution is -0.122. The number of nitrogens with one attached hydrogen (secondary N) is 2. The number of ether oxygens (including phenoxy) is 1. The van der Waals surface area contributed by atoms with Gasteiger partial charge in [-0.25, -0.2) is 0 Å². The Hall–Kier alpha value is -0.520. The molecule has 1 amide bonds. The molecule has 0 fully saturated rings. The fourth-order valence-electron chi connectivity index (χ4n) is 2.39. The first-order valence-electron chi connectivity index (χ1n) is 7.45. The van der Waals surface area contributed by atoms with E-state index in [1.165, 1.54) is 0 Å². The van der Waals surface area contributed by atoms with Crippen molar-refractivity contribution in [2.24, 2.45) is 0 Å². The number of methoxy groups -OCH3 is 1. The van der Waals surface area contributed by atoms with Crippen molar-refractivity contribution in [3.63, 3.8) is 0 Å². The molecule has 1 aromatic rings. The van der Waals surface area contributed by atoms with E-state index in [1.807, 2.05) is 26.0 Å². The van der Waals surface area contributed by atoms with Crippen molar-refractivity contribution in [1.82, 2.24) is 10.6 Å². The number of benzene rings is 1. The zero-order valence-electron chi connectivity index (χ0n) is 13.7. The van der Waals surface area contributed by atoms with Crippen LogP contribution in [0.2, 0.25) is 10.0 Å². The van der Waals surface area contributed by atoms with Gasteiger partial charge in [-0.2, -0.15) is 0 Å². The number of halogens is 3. The molecule has 0 aromatic heterocycles. The monoisotopic (exact) mass is 382 g/mol. The summed E-state index contributed by atoms with van der Waals surface area (Å²) in [6, 6.07) is 5.51. The summed E-state index contributed by atoms with van der Waals surface area (Å²) in [4.78, 5) is 12.2. The molecule has 0 aliphatic carbocycles. The maximum Gasteiger partial charge on any atom is 0.234 e. The summed E-state index contributed by atoms with van der Waals surface area (Å²) in [5.41, 5.74) is 0.533. The predicted molar refractivity (Wildman–Crippen MR) is 98.9 cm³/mol. The third-order valence-corrected chi connectivity index (χ3v) is 4.57. The molecular weight excluding hydrogens is 359 g/mol. The van der Waals surface area contributed by atoms with Crippen molar-refractivity contribution >= 4 is 41.5 Å². The molecule has 0 bridgehead atoms. The fourth-order valence-corrected chi connectivity index (χ4v) is 2.69. The summed E-state index contributed by atoms with van der Waals surface area (Å²) in [7, 11) is 1.63. The average Bonchev–Trinajstić information content (AvgIpc) is 2.52. The molecule has 0 heterocycles. The molecule has 4 nitrogen and oxygen atoms in total. The van der Waals surface area contributed by atoms with Crippen molar-refractivity contribution in [2.45, 2.75) is 32.2 Å². The second kappa shape index (κ2) is 11.1. The van der Waals surface area contributed by atoms with Gasteiger partial charge in [0.2, 0.25) is 5.91 Å². The first-order chi connectivity index (χ1) is 10.5. The lowest BCUT2D eigenvalue weighted by atomic mass is 9.84. The van der Waals surface area contributed by atoms with Crippen LogP contribution in [0.5, 0.6) is 0 Å². The summed E-state index contributed by atoms with van der Waals surface area (Å²) in [6.45, 7) is 5.57. The highest BCUT2D eigenvalue weighted by Gasteiger charge is 2.30. The van der Waals surface area contributed by atoms with Crippen LogP contribution in [0.4, 0.5) is 0 Å². The smallest absolute Gasteiger partial charge is 0.234 e. The van der Waals surface area contributed by atoms with Crippen LogP contribution in [0.25, 0.3) is 0 Å². The summed E-state index contributed by atoms with van der Waals surface area (Å²) < 4.78 is 4.94. The van der Waals surface area contributed by atoms with Crippen molar-refractivity contribution in [3.05, 3.63) is 33.8 Å². The molecular formula is C16H25Cl3N2O2. The van der Waals surface area contributed by atoms with Crippen LogP contribution in [-0.4, -0.2) is 32.7 Å². The van der Waals surface area contributed by atoms with Gasteiger partial charge in [0.05, 0.1) is 28.7 Å². The first-order valence-corrected chi connectivity index (χ1v) is 8.20. The van der Waals surface area contributed by atoms with E-state index in [0.29, 0.717) is 23.2 Å². The number of carbonyl (C=O) groups excluding carboxylic acids is 1. The second-order valence-corrected chi connectivity index (χ2v) is 5.95. The van der Waals surface area contributed by atoms with Gasteiger partial charge in [-0.1, -0.05) is 43.1 Å². The van der Waals surface area contributed by atoms with Gasteiger partial charge in [0, 0.05) is 13.7 Å². The molecule has 1 rings (SSSR count). The highest BCUT2D eigenvalue weighted by molar-refractivity contribution is 6.42. The molecule has 132 valence electrons. The van der Waals surface area contributed by atoms with E-state index in [-0.39, 0.29) is 24.9 Å². The van der Waals surface area contributed by atoms with Gasteiger partial charge in [-0.05, 0) is 30.5 Å². The SMILES string of the molecule is CCC(CC)(NC(=O)CNCCOC)c1ccc(Cl)c(Cl)c1.Cl. The summed E-state index contributed by atoms with van der Waals surface area (Å²) in [5.74, 6) is -0.0501. The quantitative estimate of drug-likeness (QED) is 0.638. The van der Waals surface area contributed by atoms with E-state index in [2.05, 4.69) is 10.6 Å². The minimum atomic E-state index is -0.436. The average molecular weight is 384 g/mol. The van der Waals surface area contributed by atoms with Crippen LogP contribution >= 0.6 is 35.6 Å². The number of rotatable bonds is 9. The number of carbonyl (C=O) groups is 1. The number of hydrogen-bond donors (Lipinski definition) is 2. The van der Waals surface area contributed by atoms with Gasteiger partial charge in [0.15, 0.2) is 0 Å². The van der Waals surface area contributed by atoms with Gasteiger partial charge in [-0.3, -0.25) is 4.79 Å². The Balaban J connectivity index is 0.00000484. The van der Waals surface area contributed by atoms with Gasteiger partial charge in [-0.15, -0.1) is 12.4 Å². The molecule has 1 aromatic carbocycles. The molecule has 0 spiro atoms. The van der Waals surface area contributed by atoms with Crippen LogP contribution in [0.3, 0.4) is 0 Å². The maximum atomic E-state index is 12.2. The summed E-state index contributed by atoms with van der Waals surface area (Å²) >= 11 is 12.1. The highest BCUT2D eigenvalue weighted by atomic mass is 35.5. The second-order valence-electron chi connectivity index (χ2n) is 5.14. The first kappa shape index (κ1) is 22.5. The minimum absolute atomic E-state index is 0.